The Kier molecular flexibility index (Phi) is 5.85. The van der Waals surface area contributed by atoms with E-state index in [1.54, 1.807) is 12.3 Å². The number of nitrogens with zero attached hydrogens (tertiary/aromatic N) is 6. The molecular weight excluding hydrogens is 445 g/mol. The Morgan fingerprint density at radius 2 is 1.82 bits per heavy atom. The molecular formula is C24H25F3N6O. The number of carbonyl (C=O) groups excluding carboxylic acids is 1. The monoisotopic (exact) mass is 470 g/mol. The standard InChI is InChI=1S/C24H25F3N6O/c1-2-31-11-13-32(14-12-31)22(34)18-15-29-33(21(18)16-7-8-16)23-28-10-9-20(30-23)17-5-3-4-6-19(17)24(25,26)27/h3-6,9-10,15-16H,2,7-8,11-14H2,1H3. The predicted octanol–water partition coefficient (Wildman–Crippen LogP) is 4.00. The van der Waals surface area contributed by atoms with Gasteiger partial charge in [-0.05, 0) is 31.5 Å². The molecule has 2 aliphatic rings. The first kappa shape index (κ1) is 22.5. The summed E-state index contributed by atoms with van der Waals surface area (Å²) in [6.45, 7) is 6.04. The summed E-state index contributed by atoms with van der Waals surface area (Å²) in [6.07, 6.45) is 0.308. The topological polar surface area (TPSA) is 67.2 Å². The molecule has 0 spiro atoms. The highest BCUT2D eigenvalue weighted by atomic mass is 19.4. The van der Waals surface area contributed by atoms with E-state index in [1.165, 1.54) is 29.1 Å². The molecule has 7 nitrogen and oxygen atoms in total. The maximum absolute atomic E-state index is 13.5. The lowest BCUT2D eigenvalue weighted by molar-refractivity contribution is -0.137. The van der Waals surface area contributed by atoms with E-state index in [0.717, 1.165) is 44.2 Å². The van der Waals surface area contributed by atoms with Gasteiger partial charge in [0.2, 0.25) is 0 Å². The van der Waals surface area contributed by atoms with Crippen molar-refractivity contribution in [3.63, 3.8) is 0 Å². The molecule has 3 aromatic rings. The van der Waals surface area contributed by atoms with Gasteiger partial charge in [-0.25, -0.2) is 14.6 Å². The number of rotatable bonds is 5. The summed E-state index contributed by atoms with van der Waals surface area (Å²) in [5, 5.41) is 4.41. The number of benzene rings is 1. The lowest BCUT2D eigenvalue weighted by Gasteiger charge is -2.34. The van der Waals surface area contributed by atoms with Crippen molar-refractivity contribution in [1.82, 2.24) is 29.5 Å². The van der Waals surface area contributed by atoms with Gasteiger partial charge in [0.15, 0.2) is 0 Å². The molecule has 1 saturated heterocycles. The quantitative estimate of drug-likeness (QED) is 0.564. The molecule has 1 amide bonds. The number of carbonyl (C=O) groups is 1. The van der Waals surface area contributed by atoms with E-state index in [-0.39, 0.29) is 29.0 Å². The molecule has 0 atom stereocenters. The van der Waals surface area contributed by atoms with Crippen LogP contribution in [0.4, 0.5) is 13.2 Å². The van der Waals surface area contributed by atoms with Crippen LogP contribution in [-0.4, -0.2) is 68.2 Å². The summed E-state index contributed by atoms with van der Waals surface area (Å²) in [4.78, 5) is 26.2. The second-order valence-electron chi connectivity index (χ2n) is 8.64. The third-order valence-electron chi connectivity index (χ3n) is 6.45. The molecule has 0 bridgehead atoms. The molecule has 1 aliphatic heterocycles. The lowest BCUT2D eigenvalue weighted by Crippen LogP contribution is -2.48. The van der Waals surface area contributed by atoms with Crippen molar-refractivity contribution in [1.29, 1.82) is 0 Å². The third-order valence-corrected chi connectivity index (χ3v) is 6.45. The molecule has 1 saturated carbocycles. The van der Waals surface area contributed by atoms with Gasteiger partial charge in [-0.15, -0.1) is 0 Å². The molecule has 0 N–H and O–H groups in total. The van der Waals surface area contributed by atoms with Crippen LogP contribution in [0.15, 0.2) is 42.7 Å². The fourth-order valence-corrected chi connectivity index (χ4v) is 4.42. The highest BCUT2D eigenvalue weighted by molar-refractivity contribution is 5.95. The number of amides is 1. The minimum Gasteiger partial charge on any atom is -0.336 e. The van der Waals surface area contributed by atoms with E-state index in [1.807, 2.05) is 4.90 Å². The van der Waals surface area contributed by atoms with Crippen LogP contribution < -0.4 is 0 Å². The number of alkyl halides is 3. The summed E-state index contributed by atoms with van der Waals surface area (Å²) >= 11 is 0. The molecule has 1 aromatic carbocycles. The molecule has 10 heteroatoms. The van der Waals surface area contributed by atoms with Gasteiger partial charge in [0.05, 0.1) is 28.7 Å². The van der Waals surface area contributed by atoms with Gasteiger partial charge in [0.25, 0.3) is 11.9 Å². The van der Waals surface area contributed by atoms with Crippen molar-refractivity contribution in [2.24, 2.45) is 0 Å². The Morgan fingerprint density at radius 3 is 2.50 bits per heavy atom. The first-order valence-electron chi connectivity index (χ1n) is 11.5. The van der Waals surface area contributed by atoms with Crippen molar-refractivity contribution in [2.45, 2.75) is 31.9 Å². The van der Waals surface area contributed by atoms with Gasteiger partial charge in [0, 0.05) is 43.9 Å². The van der Waals surface area contributed by atoms with Gasteiger partial charge < -0.3 is 9.80 Å². The Balaban J connectivity index is 1.50. The first-order valence-corrected chi connectivity index (χ1v) is 11.5. The van der Waals surface area contributed by atoms with Crippen molar-refractivity contribution in [2.75, 3.05) is 32.7 Å². The second kappa shape index (κ2) is 8.83. The smallest absolute Gasteiger partial charge is 0.336 e. The van der Waals surface area contributed by atoms with Crippen molar-refractivity contribution in [3.05, 3.63) is 59.5 Å². The normalized spacial score (nSPS) is 17.2. The Labute approximate surface area is 195 Å². The zero-order valence-electron chi connectivity index (χ0n) is 18.8. The Hall–Kier alpha value is -3.27. The maximum Gasteiger partial charge on any atom is 0.417 e. The minimum atomic E-state index is -4.51. The van der Waals surface area contributed by atoms with Crippen LogP contribution >= 0.6 is 0 Å². The highest BCUT2D eigenvalue weighted by Crippen LogP contribution is 2.43. The molecule has 3 heterocycles. The summed E-state index contributed by atoms with van der Waals surface area (Å²) in [6, 6.07) is 6.78. The average molecular weight is 470 g/mol. The Morgan fingerprint density at radius 1 is 1.09 bits per heavy atom. The minimum absolute atomic E-state index is 0.0242. The van der Waals surface area contributed by atoms with Crippen LogP contribution in [0.5, 0.6) is 0 Å². The number of likely N-dealkylation sites (N-methyl/N-ethyl adjacent to an activating group) is 1. The van der Waals surface area contributed by atoms with E-state index in [9.17, 15) is 18.0 Å². The summed E-state index contributed by atoms with van der Waals surface area (Å²) in [7, 11) is 0. The van der Waals surface area contributed by atoms with Crippen LogP contribution in [0, 0.1) is 0 Å². The number of hydrogen-bond acceptors (Lipinski definition) is 5. The van der Waals surface area contributed by atoms with Crippen molar-refractivity contribution < 1.29 is 18.0 Å². The maximum atomic E-state index is 13.5. The lowest BCUT2D eigenvalue weighted by atomic mass is 10.0. The molecule has 178 valence electrons. The van der Waals surface area contributed by atoms with Gasteiger partial charge >= 0.3 is 6.18 Å². The fraction of sp³-hybridized carbons (Fsp3) is 0.417. The van der Waals surface area contributed by atoms with Crippen LogP contribution in [0.3, 0.4) is 0 Å². The zero-order valence-corrected chi connectivity index (χ0v) is 18.8. The Bertz CT molecular complexity index is 1200. The fourth-order valence-electron chi connectivity index (χ4n) is 4.42. The molecule has 2 aromatic heterocycles. The number of hydrogen-bond donors (Lipinski definition) is 0. The molecule has 0 radical (unpaired) electrons. The van der Waals surface area contributed by atoms with Gasteiger partial charge in [-0.1, -0.05) is 25.1 Å². The van der Waals surface area contributed by atoms with E-state index < -0.39 is 11.7 Å². The van der Waals surface area contributed by atoms with Crippen molar-refractivity contribution in [3.8, 4) is 17.2 Å². The van der Waals surface area contributed by atoms with Gasteiger partial charge in [0.1, 0.15) is 0 Å². The van der Waals surface area contributed by atoms with E-state index in [0.29, 0.717) is 18.7 Å². The van der Waals surface area contributed by atoms with Crippen LogP contribution in [0.1, 0.15) is 47.3 Å². The molecule has 2 fully saturated rings. The molecule has 34 heavy (non-hydrogen) atoms. The zero-order chi connectivity index (χ0) is 23.9. The molecule has 0 unspecified atom stereocenters. The largest absolute Gasteiger partial charge is 0.417 e. The van der Waals surface area contributed by atoms with Gasteiger partial charge in [-0.3, -0.25) is 4.79 Å². The van der Waals surface area contributed by atoms with Gasteiger partial charge in [-0.2, -0.15) is 18.3 Å². The third kappa shape index (κ3) is 4.29. The average Bonchev–Trinajstić information content (AvgIpc) is 3.60. The number of halogens is 3. The summed E-state index contributed by atoms with van der Waals surface area (Å²) < 4.78 is 42.2. The number of piperazine rings is 1. The molecule has 5 rings (SSSR count). The predicted molar refractivity (Wildman–Crippen MR) is 120 cm³/mol. The van der Waals surface area contributed by atoms with Crippen molar-refractivity contribution >= 4 is 5.91 Å². The first-order chi connectivity index (χ1) is 16.4. The second-order valence-corrected chi connectivity index (χ2v) is 8.64. The summed E-state index contributed by atoms with van der Waals surface area (Å²) in [5.41, 5.74) is 0.633. The summed E-state index contributed by atoms with van der Waals surface area (Å²) in [5.74, 6) is 0.252. The van der Waals surface area contributed by atoms with Crippen LogP contribution in [0.2, 0.25) is 0 Å². The van der Waals surface area contributed by atoms with E-state index in [2.05, 4.69) is 26.9 Å². The SMILES string of the molecule is CCN1CCN(C(=O)c2cnn(-c3nccc(-c4ccccc4C(F)(F)F)n3)c2C2CC2)CC1. The number of aromatic nitrogens is 4. The van der Waals surface area contributed by atoms with Crippen LogP contribution in [0.25, 0.3) is 17.2 Å². The molecule has 1 aliphatic carbocycles. The van der Waals surface area contributed by atoms with E-state index in [4.69, 9.17) is 0 Å². The van der Waals surface area contributed by atoms with Crippen LogP contribution in [-0.2, 0) is 6.18 Å². The highest BCUT2D eigenvalue weighted by Gasteiger charge is 2.36. The van der Waals surface area contributed by atoms with E-state index >= 15 is 0 Å².